The standard InChI is InChI=1S/C19H26N4O3/c1-13-4-5-14(17(10-13)26-9-3-8-25-2)11-21-19(24)18-15-12-20-7-6-16(15)22-23-18/h4-5,10,20H,3,6-9,11-12H2,1-2H3,(H,21,24)(H,22,23). The fraction of sp³-hybridized carbons (Fsp3) is 0.474. The van der Waals surface area contributed by atoms with Crippen LogP contribution in [0.1, 0.15) is 39.3 Å². The zero-order valence-corrected chi connectivity index (χ0v) is 15.4. The number of nitrogens with one attached hydrogen (secondary N) is 3. The molecule has 0 atom stereocenters. The predicted molar refractivity (Wildman–Crippen MR) is 98.3 cm³/mol. The quantitative estimate of drug-likeness (QED) is 0.625. The highest BCUT2D eigenvalue weighted by atomic mass is 16.5. The Labute approximate surface area is 153 Å². The van der Waals surface area contributed by atoms with Crippen molar-refractivity contribution in [3.05, 3.63) is 46.3 Å². The summed E-state index contributed by atoms with van der Waals surface area (Å²) < 4.78 is 10.9. The van der Waals surface area contributed by atoms with Crippen LogP contribution in [0.15, 0.2) is 18.2 Å². The lowest BCUT2D eigenvalue weighted by atomic mass is 10.1. The number of ether oxygens (including phenoxy) is 2. The molecule has 0 aliphatic carbocycles. The van der Waals surface area contributed by atoms with E-state index in [-0.39, 0.29) is 5.91 Å². The summed E-state index contributed by atoms with van der Waals surface area (Å²) in [5.41, 5.74) is 4.56. The van der Waals surface area contributed by atoms with Gasteiger partial charge in [-0.15, -0.1) is 0 Å². The maximum Gasteiger partial charge on any atom is 0.272 e. The van der Waals surface area contributed by atoms with Gasteiger partial charge in [-0.25, -0.2) is 0 Å². The van der Waals surface area contributed by atoms with Crippen LogP contribution in [0, 0.1) is 6.92 Å². The minimum atomic E-state index is -0.169. The molecule has 0 bridgehead atoms. The third kappa shape index (κ3) is 4.42. The number of carbonyl (C=O) groups excluding carboxylic acids is 1. The Hall–Kier alpha value is -2.38. The number of carbonyl (C=O) groups is 1. The molecule has 1 amide bonds. The van der Waals surface area contributed by atoms with Crippen molar-refractivity contribution in [3.63, 3.8) is 0 Å². The third-order valence-corrected chi connectivity index (χ3v) is 4.43. The normalized spacial score (nSPS) is 13.3. The molecule has 3 N–H and O–H groups in total. The lowest BCUT2D eigenvalue weighted by molar-refractivity contribution is 0.0944. The average Bonchev–Trinajstić information content (AvgIpc) is 3.08. The molecule has 0 unspecified atom stereocenters. The van der Waals surface area contributed by atoms with Gasteiger partial charge in [0.25, 0.3) is 5.91 Å². The lowest BCUT2D eigenvalue weighted by Gasteiger charge is -2.14. The van der Waals surface area contributed by atoms with Crippen LogP contribution >= 0.6 is 0 Å². The van der Waals surface area contributed by atoms with E-state index in [0.717, 1.165) is 47.5 Å². The third-order valence-electron chi connectivity index (χ3n) is 4.43. The highest BCUT2D eigenvalue weighted by molar-refractivity contribution is 5.94. The number of amides is 1. The van der Waals surface area contributed by atoms with E-state index in [1.165, 1.54) is 0 Å². The van der Waals surface area contributed by atoms with E-state index in [4.69, 9.17) is 9.47 Å². The van der Waals surface area contributed by atoms with Crippen LogP contribution in [-0.4, -0.2) is 43.0 Å². The lowest BCUT2D eigenvalue weighted by Crippen LogP contribution is -2.28. The Bertz CT molecular complexity index is 757. The number of aryl methyl sites for hydroxylation is 1. The van der Waals surface area contributed by atoms with E-state index in [0.29, 0.717) is 32.0 Å². The molecule has 26 heavy (non-hydrogen) atoms. The first-order valence-electron chi connectivity index (χ1n) is 8.95. The summed E-state index contributed by atoms with van der Waals surface area (Å²) in [7, 11) is 1.68. The van der Waals surface area contributed by atoms with E-state index >= 15 is 0 Å². The Morgan fingerprint density at radius 2 is 2.23 bits per heavy atom. The topological polar surface area (TPSA) is 88.3 Å². The maximum atomic E-state index is 12.5. The van der Waals surface area contributed by atoms with Gasteiger partial charge < -0.3 is 20.1 Å². The van der Waals surface area contributed by atoms with E-state index in [1.54, 1.807) is 7.11 Å². The number of nitrogens with zero attached hydrogens (tertiary/aromatic N) is 1. The van der Waals surface area contributed by atoms with Crippen molar-refractivity contribution in [1.29, 1.82) is 0 Å². The number of methoxy groups -OCH3 is 1. The summed E-state index contributed by atoms with van der Waals surface area (Å²) in [6.07, 6.45) is 1.69. The number of benzene rings is 1. The molecule has 1 aromatic heterocycles. The molecular weight excluding hydrogens is 332 g/mol. The van der Waals surface area contributed by atoms with Crippen LogP contribution < -0.4 is 15.4 Å². The molecule has 2 heterocycles. The molecule has 0 fully saturated rings. The summed E-state index contributed by atoms with van der Waals surface area (Å²) in [5.74, 6) is 0.629. The van der Waals surface area contributed by atoms with Crippen molar-refractivity contribution in [2.24, 2.45) is 0 Å². The van der Waals surface area contributed by atoms with E-state index in [9.17, 15) is 4.79 Å². The minimum Gasteiger partial charge on any atom is -0.493 e. The first kappa shape index (κ1) is 18.4. The SMILES string of the molecule is COCCCOc1cc(C)ccc1CNC(=O)c1n[nH]c2c1CNCC2. The van der Waals surface area contributed by atoms with Crippen LogP contribution in [0.25, 0.3) is 0 Å². The first-order valence-corrected chi connectivity index (χ1v) is 8.95. The molecule has 7 nitrogen and oxygen atoms in total. The fourth-order valence-electron chi connectivity index (χ4n) is 3.00. The first-order chi connectivity index (χ1) is 12.7. The molecule has 0 radical (unpaired) electrons. The van der Waals surface area contributed by atoms with Crippen LogP contribution in [0.4, 0.5) is 0 Å². The second kappa shape index (κ2) is 8.82. The predicted octanol–water partition coefficient (Wildman–Crippen LogP) is 1.71. The van der Waals surface area contributed by atoms with Crippen molar-refractivity contribution in [2.45, 2.75) is 32.9 Å². The van der Waals surface area contributed by atoms with E-state index in [2.05, 4.69) is 20.8 Å². The Morgan fingerprint density at radius 3 is 3.08 bits per heavy atom. The van der Waals surface area contributed by atoms with Gasteiger partial charge >= 0.3 is 0 Å². The molecular formula is C19H26N4O3. The highest BCUT2D eigenvalue weighted by Crippen LogP contribution is 2.21. The Kier molecular flexibility index (Phi) is 6.25. The molecule has 0 saturated carbocycles. The molecule has 1 aliphatic rings. The van der Waals surface area contributed by atoms with Crippen molar-refractivity contribution in [3.8, 4) is 5.75 Å². The average molecular weight is 358 g/mol. The maximum absolute atomic E-state index is 12.5. The molecule has 2 aromatic rings. The van der Waals surface area contributed by atoms with Gasteiger partial charge in [0, 0.05) is 63.0 Å². The molecule has 1 aromatic carbocycles. The molecule has 140 valence electrons. The number of aromatic nitrogens is 2. The van der Waals surface area contributed by atoms with Crippen LogP contribution in [0.5, 0.6) is 5.75 Å². The van der Waals surface area contributed by atoms with E-state index < -0.39 is 0 Å². The minimum absolute atomic E-state index is 0.169. The van der Waals surface area contributed by atoms with Gasteiger partial charge in [-0.3, -0.25) is 9.89 Å². The van der Waals surface area contributed by atoms with Crippen molar-refractivity contribution >= 4 is 5.91 Å². The number of aromatic amines is 1. The van der Waals surface area contributed by atoms with Gasteiger partial charge in [-0.1, -0.05) is 12.1 Å². The number of fused-ring (bicyclic) bond motifs is 1. The fourth-order valence-corrected chi connectivity index (χ4v) is 3.00. The summed E-state index contributed by atoms with van der Waals surface area (Å²) in [6, 6.07) is 6.00. The molecule has 7 heteroatoms. The summed E-state index contributed by atoms with van der Waals surface area (Å²) in [4.78, 5) is 12.5. The van der Waals surface area contributed by atoms with Gasteiger partial charge in [-0.2, -0.15) is 5.10 Å². The van der Waals surface area contributed by atoms with Crippen molar-refractivity contribution in [1.82, 2.24) is 20.8 Å². The number of H-pyrrole nitrogens is 1. The van der Waals surface area contributed by atoms with Gasteiger partial charge in [0.2, 0.25) is 0 Å². The van der Waals surface area contributed by atoms with Crippen molar-refractivity contribution in [2.75, 3.05) is 26.9 Å². The zero-order chi connectivity index (χ0) is 18.4. The smallest absolute Gasteiger partial charge is 0.272 e. The second-order valence-electron chi connectivity index (χ2n) is 6.44. The van der Waals surface area contributed by atoms with E-state index in [1.807, 2.05) is 25.1 Å². The second-order valence-corrected chi connectivity index (χ2v) is 6.44. The number of hydrogen-bond donors (Lipinski definition) is 3. The van der Waals surface area contributed by atoms with Gasteiger partial charge in [0.1, 0.15) is 5.75 Å². The summed E-state index contributed by atoms with van der Waals surface area (Å²) in [6.45, 7) is 5.24. The van der Waals surface area contributed by atoms with Crippen LogP contribution in [0.2, 0.25) is 0 Å². The summed E-state index contributed by atoms with van der Waals surface area (Å²) >= 11 is 0. The van der Waals surface area contributed by atoms with Gasteiger partial charge in [0.15, 0.2) is 5.69 Å². The largest absolute Gasteiger partial charge is 0.493 e. The molecule has 3 rings (SSSR count). The number of hydrogen-bond acceptors (Lipinski definition) is 5. The summed E-state index contributed by atoms with van der Waals surface area (Å²) in [5, 5.41) is 13.4. The van der Waals surface area contributed by atoms with Crippen LogP contribution in [-0.2, 0) is 24.2 Å². The van der Waals surface area contributed by atoms with Gasteiger partial charge in [0.05, 0.1) is 6.61 Å². The van der Waals surface area contributed by atoms with Crippen molar-refractivity contribution < 1.29 is 14.3 Å². The Balaban J connectivity index is 1.63. The highest BCUT2D eigenvalue weighted by Gasteiger charge is 2.21. The number of rotatable bonds is 8. The molecule has 0 spiro atoms. The Morgan fingerprint density at radius 1 is 1.35 bits per heavy atom. The van der Waals surface area contributed by atoms with Gasteiger partial charge in [-0.05, 0) is 18.6 Å². The monoisotopic (exact) mass is 358 g/mol. The van der Waals surface area contributed by atoms with Crippen LogP contribution in [0.3, 0.4) is 0 Å². The molecule has 0 saturated heterocycles. The zero-order valence-electron chi connectivity index (χ0n) is 15.4. The molecule has 1 aliphatic heterocycles.